The van der Waals surface area contributed by atoms with Crippen molar-refractivity contribution in [1.82, 2.24) is 15.2 Å². The van der Waals surface area contributed by atoms with Crippen molar-refractivity contribution in [3.8, 4) is 17.6 Å². The first kappa shape index (κ1) is 23.8. The number of aromatic nitrogens is 3. The molecule has 0 atom stereocenters. The smallest absolute Gasteiger partial charge is 0.363 e. The molecule has 2 amide bonds. The number of ether oxygens (including phenoxy) is 3. The van der Waals surface area contributed by atoms with E-state index in [1.807, 2.05) is 6.07 Å². The first-order chi connectivity index (χ1) is 17.4. The Morgan fingerprint density at radius 2 is 2.00 bits per heavy atom. The molecule has 0 unspecified atom stereocenters. The molecule has 0 spiro atoms. The number of methoxy groups -OCH3 is 1. The number of hydrogen-bond acceptors (Lipinski definition) is 10. The molecule has 0 fully saturated rings. The molecule has 36 heavy (non-hydrogen) atoms. The zero-order valence-electron chi connectivity index (χ0n) is 19.1. The van der Waals surface area contributed by atoms with Gasteiger partial charge in [0.05, 0.1) is 12.8 Å². The van der Waals surface area contributed by atoms with Crippen LogP contribution in [0.4, 0.5) is 5.69 Å². The van der Waals surface area contributed by atoms with Crippen LogP contribution in [0.15, 0.2) is 59.5 Å². The fourth-order valence-corrected chi connectivity index (χ4v) is 3.36. The van der Waals surface area contributed by atoms with Gasteiger partial charge in [-0.2, -0.15) is 10.4 Å². The number of anilines is 1. The number of nitrogens with one attached hydrogen (secondary N) is 1. The van der Waals surface area contributed by atoms with Crippen LogP contribution in [0.2, 0.25) is 0 Å². The van der Waals surface area contributed by atoms with Gasteiger partial charge in [-0.3, -0.25) is 14.7 Å². The van der Waals surface area contributed by atoms with Gasteiger partial charge in [0.15, 0.2) is 23.8 Å². The first-order valence-electron chi connectivity index (χ1n) is 10.4. The molecule has 0 radical (unpaired) electrons. The normalized spacial score (nSPS) is 13.5. The van der Waals surface area contributed by atoms with Crippen LogP contribution in [-0.2, 0) is 14.3 Å². The first-order valence-corrected chi connectivity index (χ1v) is 10.4. The third-order valence-electron chi connectivity index (χ3n) is 4.93. The molecular formula is C24H18N6O6. The van der Waals surface area contributed by atoms with Gasteiger partial charge in [0, 0.05) is 18.1 Å². The largest absolute Gasteiger partial charge is 0.493 e. The average Bonchev–Trinajstić information content (AvgIpc) is 3.54. The number of aliphatic imine (C=N–C) groups is 1. The molecule has 0 saturated heterocycles. The van der Waals surface area contributed by atoms with E-state index in [1.165, 1.54) is 32.2 Å². The summed E-state index contributed by atoms with van der Waals surface area (Å²) in [6.45, 7) is 1.04. The van der Waals surface area contributed by atoms with Gasteiger partial charge in [-0.15, -0.1) is 0 Å². The summed E-state index contributed by atoms with van der Waals surface area (Å²) in [6, 6.07) is 13.1. The summed E-state index contributed by atoms with van der Waals surface area (Å²) in [6.07, 6.45) is 2.63. The topological polar surface area (TPSA) is 160 Å². The van der Waals surface area contributed by atoms with E-state index < -0.39 is 17.8 Å². The molecule has 2 heterocycles. The van der Waals surface area contributed by atoms with Gasteiger partial charge in [-0.25, -0.2) is 19.7 Å². The molecule has 1 aliphatic rings. The van der Waals surface area contributed by atoms with Gasteiger partial charge >= 0.3 is 11.9 Å². The molecule has 1 aliphatic heterocycles. The summed E-state index contributed by atoms with van der Waals surface area (Å²) >= 11 is 0. The predicted octanol–water partition coefficient (Wildman–Crippen LogP) is 2.25. The maximum Gasteiger partial charge on any atom is 0.363 e. The van der Waals surface area contributed by atoms with Crippen LogP contribution in [0.3, 0.4) is 0 Å². The number of nitriles is 1. The SMILES string of the molecule is COc1cccc(C=C2N=C(c3ccc(N(C(C)=O)C(=O)c4ncn[nH]4)cc3)OC2=O)c1OCC#N. The van der Waals surface area contributed by atoms with Crippen molar-refractivity contribution in [2.45, 2.75) is 6.92 Å². The number of cyclic esters (lactones) is 1. The van der Waals surface area contributed by atoms with Gasteiger partial charge in [-0.05, 0) is 36.4 Å². The third kappa shape index (κ3) is 4.80. The van der Waals surface area contributed by atoms with Crippen molar-refractivity contribution >= 4 is 35.4 Å². The van der Waals surface area contributed by atoms with E-state index in [0.717, 1.165) is 11.2 Å². The second-order valence-electron chi connectivity index (χ2n) is 7.20. The van der Waals surface area contributed by atoms with Crippen LogP contribution in [0.25, 0.3) is 6.08 Å². The highest BCUT2D eigenvalue weighted by molar-refractivity contribution is 6.19. The Bertz CT molecular complexity index is 1420. The minimum Gasteiger partial charge on any atom is -0.493 e. The lowest BCUT2D eigenvalue weighted by Gasteiger charge is -2.18. The number of nitrogens with zero attached hydrogens (tertiary/aromatic N) is 5. The zero-order valence-corrected chi connectivity index (χ0v) is 19.1. The number of aromatic amines is 1. The number of carbonyl (C=O) groups is 3. The highest BCUT2D eigenvalue weighted by Crippen LogP contribution is 2.33. The number of imide groups is 1. The average molecular weight is 486 g/mol. The molecule has 0 saturated carbocycles. The van der Waals surface area contributed by atoms with Crippen LogP contribution in [0.5, 0.6) is 11.5 Å². The van der Waals surface area contributed by atoms with Crippen LogP contribution in [0.1, 0.15) is 28.7 Å². The van der Waals surface area contributed by atoms with E-state index in [1.54, 1.807) is 30.3 Å². The lowest BCUT2D eigenvalue weighted by Crippen LogP contribution is -2.36. The summed E-state index contributed by atoms with van der Waals surface area (Å²) < 4.78 is 16.1. The van der Waals surface area contributed by atoms with Crippen LogP contribution in [-0.4, -0.2) is 52.6 Å². The highest BCUT2D eigenvalue weighted by atomic mass is 16.6. The predicted molar refractivity (Wildman–Crippen MR) is 125 cm³/mol. The van der Waals surface area contributed by atoms with E-state index in [9.17, 15) is 14.4 Å². The van der Waals surface area contributed by atoms with Crippen molar-refractivity contribution in [3.63, 3.8) is 0 Å². The van der Waals surface area contributed by atoms with Gasteiger partial charge in [0.1, 0.15) is 12.4 Å². The van der Waals surface area contributed by atoms with Gasteiger partial charge in [0.2, 0.25) is 17.6 Å². The molecule has 1 aromatic heterocycles. The summed E-state index contributed by atoms with van der Waals surface area (Å²) in [7, 11) is 1.46. The van der Waals surface area contributed by atoms with Crippen molar-refractivity contribution in [3.05, 3.63) is 71.4 Å². The molecule has 0 aliphatic carbocycles. The van der Waals surface area contributed by atoms with E-state index >= 15 is 0 Å². The van der Waals surface area contributed by atoms with Crippen molar-refractivity contribution in [1.29, 1.82) is 5.26 Å². The molecule has 1 N–H and O–H groups in total. The van der Waals surface area contributed by atoms with Crippen molar-refractivity contribution in [2.75, 3.05) is 18.6 Å². The van der Waals surface area contributed by atoms with Crippen LogP contribution in [0, 0.1) is 11.3 Å². The Balaban J connectivity index is 1.62. The number of carbonyl (C=O) groups excluding carboxylic acids is 3. The molecular weight excluding hydrogens is 468 g/mol. The Morgan fingerprint density at radius 3 is 2.64 bits per heavy atom. The minimum absolute atomic E-state index is 0.00926. The molecule has 12 nitrogen and oxygen atoms in total. The lowest BCUT2D eigenvalue weighted by molar-refractivity contribution is -0.130. The second kappa shape index (κ2) is 10.3. The maximum absolute atomic E-state index is 12.6. The van der Waals surface area contributed by atoms with E-state index in [-0.39, 0.29) is 35.5 Å². The van der Waals surface area contributed by atoms with E-state index in [4.69, 9.17) is 19.5 Å². The standard InChI is InChI=1S/C24H18N6O6/c1-14(31)30(23(32)21-26-13-27-29-21)17-8-6-15(7-9-17)22-28-18(24(33)36-22)12-16-4-3-5-19(34-2)20(16)35-11-10-25/h3-9,12-13H,11H2,1-2H3,(H,26,27,29). The Labute approximate surface area is 204 Å². The van der Waals surface area contributed by atoms with E-state index in [2.05, 4.69) is 20.2 Å². The fraction of sp³-hybridized carbons (Fsp3) is 0.125. The summed E-state index contributed by atoms with van der Waals surface area (Å²) in [5.74, 6) is -1.25. The number of H-pyrrole nitrogens is 1. The molecule has 2 aromatic carbocycles. The van der Waals surface area contributed by atoms with Crippen molar-refractivity contribution < 1.29 is 28.6 Å². The van der Waals surface area contributed by atoms with Crippen molar-refractivity contribution in [2.24, 2.45) is 4.99 Å². The second-order valence-corrected chi connectivity index (χ2v) is 7.20. The quantitative estimate of drug-likeness (QED) is 0.390. The molecule has 4 rings (SSSR count). The summed E-state index contributed by atoms with van der Waals surface area (Å²) in [5, 5.41) is 14.9. The molecule has 180 valence electrons. The monoisotopic (exact) mass is 486 g/mol. The molecule has 0 bridgehead atoms. The van der Waals surface area contributed by atoms with Gasteiger partial charge < -0.3 is 14.2 Å². The minimum atomic E-state index is -0.686. The number of rotatable bonds is 7. The summed E-state index contributed by atoms with van der Waals surface area (Å²) in [4.78, 5) is 46.2. The van der Waals surface area contributed by atoms with Gasteiger partial charge in [-0.1, -0.05) is 12.1 Å². The zero-order chi connectivity index (χ0) is 25.7. The lowest BCUT2D eigenvalue weighted by atomic mass is 10.1. The molecule has 3 aromatic rings. The maximum atomic E-state index is 12.6. The Hall–Kier alpha value is -5.31. The number of para-hydroxylation sites is 1. The number of hydrogen-bond donors (Lipinski definition) is 1. The third-order valence-corrected chi connectivity index (χ3v) is 4.93. The number of benzene rings is 2. The number of amides is 2. The van der Waals surface area contributed by atoms with Crippen LogP contribution >= 0.6 is 0 Å². The highest BCUT2D eigenvalue weighted by Gasteiger charge is 2.27. The van der Waals surface area contributed by atoms with Gasteiger partial charge in [0.25, 0.3) is 0 Å². The van der Waals surface area contributed by atoms with E-state index in [0.29, 0.717) is 16.9 Å². The molecule has 12 heteroatoms. The fourth-order valence-electron chi connectivity index (χ4n) is 3.36. The Morgan fingerprint density at radius 1 is 1.22 bits per heavy atom. The Kier molecular flexibility index (Phi) is 6.83. The van der Waals surface area contributed by atoms with Crippen LogP contribution < -0.4 is 14.4 Å². The summed E-state index contributed by atoms with van der Waals surface area (Å²) in [5.41, 5.74) is 1.21. The number of esters is 1.